The molecule has 2 rings (SSSR count). The number of carbonyl (C=O) groups is 1. The molecule has 0 bridgehead atoms. The van der Waals surface area contributed by atoms with Crippen LogP contribution in [0.1, 0.15) is 32.1 Å². The third-order valence-electron chi connectivity index (χ3n) is 4.03. The van der Waals surface area contributed by atoms with Gasteiger partial charge in [0.15, 0.2) is 0 Å². The van der Waals surface area contributed by atoms with E-state index >= 15 is 0 Å². The molecule has 2 aliphatic heterocycles. The fourth-order valence-electron chi connectivity index (χ4n) is 2.95. The van der Waals surface area contributed by atoms with Gasteiger partial charge in [-0.15, -0.1) is 12.4 Å². The minimum Gasteiger partial charge on any atom is -0.324 e. The van der Waals surface area contributed by atoms with Gasteiger partial charge in [0, 0.05) is 12.8 Å². The van der Waals surface area contributed by atoms with Crippen LogP contribution in [0.5, 0.6) is 0 Å². The van der Waals surface area contributed by atoms with E-state index < -0.39 is 12.2 Å². The zero-order chi connectivity index (χ0) is 13.8. The average Bonchev–Trinajstić information content (AvgIpc) is 2.77. The maximum absolute atomic E-state index is 13.2. The van der Waals surface area contributed by atoms with Gasteiger partial charge >= 0.3 is 0 Å². The molecule has 2 unspecified atom stereocenters. The highest BCUT2D eigenvalue weighted by Gasteiger charge is 2.35. The number of likely N-dealkylation sites (tertiary alicyclic amines) is 1. The Labute approximate surface area is 125 Å². The van der Waals surface area contributed by atoms with Gasteiger partial charge in [0.2, 0.25) is 5.91 Å². The number of rotatable bonds is 3. The highest BCUT2D eigenvalue weighted by atomic mass is 35.5. The first-order chi connectivity index (χ1) is 9.10. The normalized spacial score (nSPS) is 33.4. The Bertz CT molecular complexity index is 376. The van der Waals surface area contributed by atoms with E-state index in [0.29, 0.717) is 12.3 Å². The number of alkyl halides is 1. The second kappa shape index (κ2) is 7.77. The lowest BCUT2D eigenvalue weighted by atomic mass is 9.91. The highest BCUT2D eigenvalue weighted by molar-refractivity contribution is 5.85. The molecule has 2 aliphatic rings. The Morgan fingerprint density at radius 2 is 2.25 bits per heavy atom. The van der Waals surface area contributed by atoms with Gasteiger partial charge in [-0.1, -0.05) is 0 Å². The Hall–Kier alpha value is -0.900. The standard InChI is InChI=1S/C13H21FN4O.ClH/c14-10-6-11(7-15)18(8-10)13(19)2-1-9-3-4-17-12(16)5-9;/h9-12,17H,1-6,8,16H2;1H/t9?,10-,11-,12?;/m0./s1. The van der Waals surface area contributed by atoms with Crippen LogP contribution >= 0.6 is 12.4 Å². The van der Waals surface area contributed by atoms with Crippen molar-refractivity contribution < 1.29 is 9.18 Å². The molecule has 2 fully saturated rings. The highest BCUT2D eigenvalue weighted by Crippen LogP contribution is 2.24. The minimum atomic E-state index is -1.05. The van der Waals surface area contributed by atoms with Crippen molar-refractivity contribution in [3.8, 4) is 6.07 Å². The van der Waals surface area contributed by atoms with E-state index in [4.69, 9.17) is 11.0 Å². The second-order valence-corrected chi connectivity index (χ2v) is 5.51. The molecule has 0 aromatic heterocycles. The van der Waals surface area contributed by atoms with Crippen molar-refractivity contribution in [3.05, 3.63) is 0 Å². The lowest BCUT2D eigenvalue weighted by Crippen LogP contribution is -2.44. The molecule has 5 nitrogen and oxygen atoms in total. The maximum Gasteiger partial charge on any atom is 0.223 e. The summed E-state index contributed by atoms with van der Waals surface area (Å²) in [6, 6.07) is 1.42. The molecule has 3 N–H and O–H groups in total. The number of amides is 1. The van der Waals surface area contributed by atoms with Crippen LogP contribution in [-0.2, 0) is 4.79 Å². The summed E-state index contributed by atoms with van der Waals surface area (Å²) in [5.74, 6) is 0.350. The smallest absolute Gasteiger partial charge is 0.223 e. The molecular weight excluding hydrogens is 283 g/mol. The van der Waals surface area contributed by atoms with Crippen LogP contribution in [0.4, 0.5) is 4.39 Å². The Morgan fingerprint density at radius 3 is 2.90 bits per heavy atom. The van der Waals surface area contributed by atoms with Gasteiger partial charge in [-0.25, -0.2) is 4.39 Å². The fraction of sp³-hybridized carbons (Fsp3) is 0.846. The lowest BCUT2D eigenvalue weighted by molar-refractivity contribution is -0.131. The predicted octanol–water partition coefficient (Wildman–Crippen LogP) is 0.935. The molecule has 114 valence electrons. The third-order valence-corrected chi connectivity index (χ3v) is 4.03. The number of carbonyl (C=O) groups excluding carboxylic acids is 1. The van der Waals surface area contributed by atoms with Gasteiger partial charge < -0.3 is 16.0 Å². The van der Waals surface area contributed by atoms with Crippen molar-refractivity contribution in [3.63, 3.8) is 0 Å². The predicted molar refractivity (Wildman–Crippen MR) is 75.8 cm³/mol. The number of halogens is 2. The molecule has 4 atom stereocenters. The van der Waals surface area contributed by atoms with E-state index in [-0.39, 0.29) is 37.4 Å². The number of nitrogens with zero attached hydrogens (tertiary/aromatic N) is 2. The second-order valence-electron chi connectivity index (χ2n) is 5.51. The van der Waals surface area contributed by atoms with Crippen molar-refractivity contribution >= 4 is 18.3 Å². The molecule has 0 radical (unpaired) electrons. The minimum absolute atomic E-state index is 0. The van der Waals surface area contributed by atoms with Crippen LogP contribution in [0.2, 0.25) is 0 Å². The van der Waals surface area contributed by atoms with Crippen LogP contribution in [0.25, 0.3) is 0 Å². The van der Waals surface area contributed by atoms with Gasteiger partial charge in [-0.05, 0) is 31.7 Å². The van der Waals surface area contributed by atoms with Crippen molar-refractivity contribution in [2.45, 2.75) is 50.5 Å². The number of piperidine rings is 1. The largest absolute Gasteiger partial charge is 0.324 e. The summed E-state index contributed by atoms with van der Waals surface area (Å²) >= 11 is 0. The number of nitriles is 1. The Kier molecular flexibility index (Phi) is 6.66. The van der Waals surface area contributed by atoms with Gasteiger partial charge in [0.25, 0.3) is 0 Å². The van der Waals surface area contributed by atoms with Crippen molar-refractivity contribution in [1.82, 2.24) is 10.2 Å². The SMILES string of the molecule is Cl.N#C[C@@H]1C[C@H](F)CN1C(=O)CCC1CCNC(N)C1. The van der Waals surface area contributed by atoms with E-state index in [1.807, 2.05) is 6.07 Å². The Balaban J connectivity index is 0.00000200. The number of nitrogens with one attached hydrogen (secondary N) is 1. The van der Waals surface area contributed by atoms with Gasteiger partial charge in [-0.2, -0.15) is 5.26 Å². The van der Waals surface area contributed by atoms with Crippen LogP contribution < -0.4 is 11.1 Å². The number of nitrogens with two attached hydrogens (primary N) is 1. The lowest BCUT2D eigenvalue weighted by Gasteiger charge is -2.28. The molecule has 2 heterocycles. The summed E-state index contributed by atoms with van der Waals surface area (Å²) in [4.78, 5) is 13.4. The average molecular weight is 305 g/mol. The first kappa shape index (κ1) is 17.2. The van der Waals surface area contributed by atoms with E-state index in [9.17, 15) is 9.18 Å². The molecular formula is C13H22ClFN4O. The summed E-state index contributed by atoms with van der Waals surface area (Å²) in [5.41, 5.74) is 5.82. The van der Waals surface area contributed by atoms with Crippen molar-refractivity contribution in [1.29, 1.82) is 5.26 Å². The summed E-state index contributed by atoms with van der Waals surface area (Å²) in [5, 5.41) is 12.1. The van der Waals surface area contributed by atoms with E-state index in [2.05, 4.69) is 5.32 Å². The number of hydrogen-bond donors (Lipinski definition) is 2. The van der Waals surface area contributed by atoms with E-state index in [1.165, 1.54) is 4.90 Å². The molecule has 0 aromatic rings. The monoisotopic (exact) mass is 304 g/mol. The van der Waals surface area contributed by atoms with Crippen molar-refractivity contribution in [2.75, 3.05) is 13.1 Å². The molecule has 0 spiro atoms. The zero-order valence-corrected chi connectivity index (χ0v) is 12.2. The van der Waals surface area contributed by atoms with Crippen LogP contribution in [0, 0.1) is 17.2 Å². The van der Waals surface area contributed by atoms with Gasteiger partial charge in [0.1, 0.15) is 12.2 Å². The molecule has 7 heteroatoms. The summed E-state index contributed by atoms with van der Waals surface area (Å²) < 4.78 is 13.2. The number of hydrogen-bond acceptors (Lipinski definition) is 4. The van der Waals surface area contributed by atoms with Crippen LogP contribution in [0.3, 0.4) is 0 Å². The van der Waals surface area contributed by atoms with Crippen molar-refractivity contribution in [2.24, 2.45) is 11.7 Å². The summed E-state index contributed by atoms with van der Waals surface area (Å²) in [6.45, 7) is 0.958. The van der Waals surface area contributed by atoms with E-state index in [1.54, 1.807) is 0 Å². The summed E-state index contributed by atoms with van der Waals surface area (Å²) in [6.07, 6.45) is 2.18. The molecule has 1 amide bonds. The first-order valence-corrected chi connectivity index (χ1v) is 6.92. The quantitative estimate of drug-likeness (QED) is 0.813. The summed E-state index contributed by atoms with van der Waals surface area (Å²) in [7, 11) is 0. The fourth-order valence-corrected chi connectivity index (χ4v) is 2.95. The Morgan fingerprint density at radius 1 is 1.50 bits per heavy atom. The molecule has 0 aliphatic carbocycles. The molecule has 20 heavy (non-hydrogen) atoms. The third kappa shape index (κ3) is 4.30. The molecule has 0 aromatic carbocycles. The first-order valence-electron chi connectivity index (χ1n) is 6.92. The maximum atomic E-state index is 13.2. The van der Waals surface area contributed by atoms with Crippen LogP contribution in [-0.4, -0.2) is 42.3 Å². The molecule has 0 saturated carbocycles. The van der Waals surface area contributed by atoms with Gasteiger partial charge in [0.05, 0.1) is 18.8 Å². The van der Waals surface area contributed by atoms with Gasteiger partial charge in [-0.3, -0.25) is 4.79 Å². The van der Waals surface area contributed by atoms with Crippen LogP contribution in [0.15, 0.2) is 0 Å². The zero-order valence-electron chi connectivity index (χ0n) is 11.4. The van der Waals surface area contributed by atoms with E-state index in [0.717, 1.165) is 25.8 Å². The topological polar surface area (TPSA) is 82.2 Å². The molecule has 2 saturated heterocycles.